The minimum absolute atomic E-state index is 0.0417. The van der Waals surface area contributed by atoms with Crippen LogP contribution in [0.15, 0.2) is 30.3 Å². The van der Waals surface area contributed by atoms with Crippen LogP contribution in [0.2, 0.25) is 0 Å². The lowest BCUT2D eigenvalue weighted by molar-refractivity contribution is -0.141. The third-order valence-corrected chi connectivity index (χ3v) is 5.82. The summed E-state index contributed by atoms with van der Waals surface area (Å²) < 4.78 is 53.8. The van der Waals surface area contributed by atoms with E-state index >= 15 is 0 Å². The lowest BCUT2D eigenvalue weighted by Gasteiger charge is -2.39. The monoisotopic (exact) mass is 393 g/mol. The van der Waals surface area contributed by atoms with Crippen molar-refractivity contribution in [2.45, 2.75) is 52.3 Å². The van der Waals surface area contributed by atoms with Crippen LogP contribution >= 0.6 is 0 Å². The maximum atomic E-state index is 13.5. The molecule has 1 saturated heterocycles. The minimum atomic E-state index is -4.58. The summed E-state index contributed by atoms with van der Waals surface area (Å²) in [5.41, 5.74) is -0.205. The van der Waals surface area contributed by atoms with Gasteiger partial charge in [-0.1, -0.05) is 20.8 Å². The molecule has 2 bridgehead atoms. The molecule has 7 heteroatoms. The van der Waals surface area contributed by atoms with Crippen molar-refractivity contribution >= 4 is 5.95 Å². The van der Waals surface area contributed by atoms with E-state index in [9.17, 15) is 17.6 Å². The first-order valence-electron chi connectivity index (χ1n) is 9.43. The summed E-state index contributed by atoms with van der Waals surface area (Å²) in [7, 11) is 0. The Kier molecular flexibility index (Phi) is 4.21. The average Bonchev–Trinajstić information content (AvgIpc) is 2.83. The second kappa shape index (κ2) is 6.16. The van der Waals surface area contributed by atoms with Crippen molar-refractivity contribution < 1.29 is 17.6 Å². The van der Waals surface area contributed by atoms with Gasteiger partial charge in [0.25, 0.3) is 0 Å². The Hall–Kier alpha value is -2.18. The molecule has 1 aromatic carbocycles. The van der Waals surface area contributed by atoms with Gasteiger partial charge in [-0.05, 0) is 60.4 Å². The Morgan fingerprint density at radius 2 is 1.71 bits per heavy atom. The molecule has 2 fully saturated rings. The molecular formula is C21H23F4N3. The number of nitrogens with zero attached hydrogens (tertiary/aromatic N) is 3. The molecule has 1 aliphatic heterocycles. The first-order valence-corrected chi connectivity index (χ1v) is 9.43. The number of halogens is 4. The van der Waals surface area contributed by atoms with Crippen LogP contribution in [-0.4, -0.2) is 22.6 Å². The highest BCUT2D eigenvalue weighted by Crippen LogP contribution is 2.53. The number of benzene rings is 1. The highest BCUT2D eigenvalue weighted by Gasteiger charge is 2.50. The molecule has 1 aromatic heterocycles. The number of hydrogen-bond acceptors (Lipinski definition) is 3. The van der Waals surface area contributed by atoms with E-state index in [0.29, 0.717) is 12.1 Å². The molecule has 150 valence electrons. The molecule has 2 aromatic rings. The number of fused-ring (bicyclic) bond motifs is 2. The maximum Gasteiger partial charge on any atom is 0.433 e. The van der Waals surface area contributed by atoms with Crippen LogP contribution in [0.3, 0.4) is 0 Å². The Balaban J connectivity index is 1.79. The van der Waals surface area contributed by atoms with Crippen molar-refractivity contribution in [3.05, 3.63) is 41.8 Å². The Bertz CT molecular complexity index is 892. The predicted molar refractivity (Wildman–Crippen MR) is 99.3 cm³/mol. The molecule has 4 rings (SSSR count). The van der Waals surface area contributed by atoms with Crippen LogP contribution < -0.4 is 4.90 Å². The van der Waals surface area contributed by atoms with E-state index in [0.717, 1.165) is 25.3 Å². The molecule has 28 heavy (non-hydrogen) atoms. The summed E-state index contributed by atoms with van der Waals surface area (Å²) in [6.45, 7) is 7.25. The molecule has 2 atom stereocenters. The van der Waals surface area contributed by atoms with Gasteiger partial charge in [0, 0.05) is 18.2 Å². The van der Waals surface area contributed by atoms with E-state index in [1.54, 1.807) is 0 Å². The maximum absolute atomic E-state index is 13.5. The van der Waals surface area contributed by atoms with E-state index in [1.807, 2.05) is 4.90 Å². The summed E-state index contributed by atoms with van der Waals surface area (Å²) in [5.74, 6) is -0.335. The topological polar surface area (TPSA) is 29.0 Å². The van der Waals surface area contributed by atoms with Gasteiger partial charge >= 0.3 is 6.18 Å². The summed E-state index contributed by atoms with van der Waals surface area (Å²) in [6, 6.07) is 6.37. The van der Waals surface area contributed by atoms with Gasteiger partial charge in [-0.2, -0.15) is 13.2 Å². The van der Waals surface area contributed by atoms with Crippen LogP contribution in [0.25, 0.3) is 11.3 Å². The van der Waals surface area contributed by atoms with Crippen molar-refractivity contribution in [1.29, 1.82) is 0 Å². The van der Waals surface area contributed by atoms with Crippen molar-refractivity contribution in [1.82, 2.24) is 9.97 Å². The van der Waals surface area contributed by atoms with Crippen LogP contribution in [-0.2, 0) is 6.18 Å². The Labute approximate surface area is 161 Å². The SMILES string of the molecule is CC1(C)C[C@@H]2C[C@@](C)(CN2c2nc(-c3ccc(F)cc3)cc(C(F)(F)F)n2)C1. The fraction of sp³-hybridized carbons (Fsp3) is 0.524. The van der Waals surface area contributed by atoms with Gasteiger partial charge in [0.15, 0.2) is 5.69 Å². The number of anilines is 1. The lowest BCUT2D eigenvalue weighted by atomic mass is 9.65. The number of rotatable bonds is 2. The zero-order valence-corrected chi connectivity index (χ0v) is 16.1. The quantitative estimate of drug-likeness (QED) is 0.612. The van der Waals surface area contributed by atoms with E-state index in [-0.39, 0.29) is 28.5 Å². The highest BCUT2D eigenvalue weighted by molar-refractivity contribution is 5.61. The smallest absolute Gasteiger partial charge is 0.337 e. The molecule has 2 heterocycles. The lowest BCUT2D eigenvalue weighted by Crippen LogP contribution is -2.35. The standard InChI is InChI=1S/C21H23F4N3/c1-19(2)9-15-10-20(3,11-19)12-28(15)18-26-16(8-17(27-18)21(23,24)25)13-4-6-14(22)7-5-13/h4-8,15H,9-12H2,1-3H3/t15-,20-/m1/s1. The second-order valence-corrected chi connectivity index (χ2v) is 9.28. The van der Waals surface area contributed by atoms with Crippen molar-refractivity contribution in [2.75, 3.05) is 11.4 Å². The normalized spacial score (nSPS) is 26.5. The third-order valence-electron chi connectivity index (χ3n) is 5.82. The third kappa shape index (κ3) is 3.59. The number of hydrogen-bond donors (Lipinski definition) is 0. The van der Waals surface area contributed by atoms with Crippen molar-refractivity contribution in [2.24, 2.45) is 10.8 Å². The molecule has 1 aliphatic carbocycles. The minimum Gasteiger partial charge on any atom is -0.337 e. The van der Waals surface area contributed by atoms with E-state index in [4.69, 9.17) is 0 Å². The van der Waals surface area contributed by atoms with Gasteiger partial charge in [0.05, 0.1) is 5.69 Å². The zero-order valence-electron chi connectivity index (χ0n) is 16.1. The van der Waals surface area contributed by atoms with Crippen LogP contribution in [0.5, 0.6) is 0 Å². The van der Waals surface area contributed by atoms with E-state index in [2.05, 4.69) is 30.7 Å². The predicted octanol–water partition coefficient (Wildman–Crippen LogP) is 5.71. The molecule has 0 amide bonds. The molecule has 0 radical (unpaired) electrons. The zero-order chi connectivity index (χ0) is 20.3. The number of aromatic nitrogens is 2. The van der Waals surface area contributed by atoms with Gasteiger partial charge < -0.3 is 4.90 Å². The van der Waals surface area contributed by atoms with E-state index in [1.165, 1.54) is 24.3 Å². The van der Waals surface area contributed by atoms with Crippen LogP contribution in [0, 0.1) is 16.6 Å². The molecule has 1 saturated carbocycles. The molecule has 0 N–H and O–H groups in total. The molecule has 0 spiro atoms. The summed E-state index contributed by atoms with van der Waals surface area (Å²) in [4.78, 5) is 10.3. The van der Waals surface area contributed by atoms with Gasteiger partial charge in [-0.3, -0.25) is 0 Å². The number of alkyl halides is 3. The fourth-order valence-corrected chi connectivity index (χ4v) is 5.17. The molecule has 2 aliphatic rings. The fourth-order valence-electron chi connectivity index (χ4n) is 5.17. The Morgan fingerprint density at radius 3 is 2.36 bits per heavy atom. The summed E-state index contributed by atoms with van der Waals surface area (Å²) >= 11 is 0. The summed E-state index contributed by atoms with van der Waals surface area (Å²) in [5, 5.41) is 0. The van der Waals surface area contributed by atoms with E-state index < -0.39 is 17.7 Å². The second-order valence-electron chi connectivity index (χ2n) is 9.28. The molecule has 3 nitrogen and oxygen atoms in total. The van der Waals surface area contributed by atoms with Crippen LogP contribution in [0.4, 0.5) is 23.5 Å². The highest BCUT2D eigenvalue weighted by atomic mass is 19.4. The van der Waals surface area contributed by atoms with Gasteiger partial charge in [0.2, 0.25) is 5.95 Å². The first kappa shape index (κ1) is 19.2. The average molecular weight is 393 g/mol. The Morgan fingerprint density at radius 1 is 1.04 bits per heavy atom. The largest absolute Gasteiger partial charge is 0.433 e. The first-order chi connectivity index (χ1) is 12.9. The molecular weight excluding hydrogens is 370 g/mol. The molecule has 0 unspecified atom stereocenters. The van der Waals surface area contributed by atoms with Gasteiger partial charge in [-0.25, -0.2) is 14.4 Å². The van der Waals surface area contributed by atoms with Crippen molar-refractivity contribution in [3.8, 4) is 11.3 Å². The summed E-state index contributed by atoms with van der Waals surface area (Å²) in [6.07, 6.45) is -1.72. The van der Waals surface area contributed by atoms with Crippen molar-refractivity contribution in [3.63, 3.8) is 0 Å². The van der Waals surface area contributed by atoms with Gasteiger partial charge in [0.1, 0.15) is 5.82 Å². The van der Waals surface area contributed by atoms with Gasteiger partial charge in [-0.15, -0.1) is 0 Å². The van der Waals surface area contributed by atoms with Crippen LogP contribution in [0.1, 0.15) is 45.7 Å².